The smallest absolute Gasteiger partial charge is 0.283 e. The van der Waals surface area contributed by atoms with Crippen molar-refractivity contribution in [2.75, 3.05) is 12.4 Å². The molecular weight excluding hydrogens is 358 g/mol. The number of para-hydroxylation sites is 1. The van der Waals surface area contributed by atoms with Gasteiger partial charge < -0.3 is 9.72 Å². The molecule has 0 bridgehead atoms. The number of H-pyrrole nitrogens is 1. The molecule has 138 valence electrons. The lowest BCUT2D eigenvalue weighted by Gasteiger charge is -2.12. The molecule has 0 fully saturated rings. The molecule has 0 aliphatic heterocycles. The summed E-state index contributed by atoms with van der Waals surface area (Å²) in [6.45, 7) is 4.68. The van der Waals surface area contributed by atoms with Crippen LogP contribution in [0, 0.1) is 0 Å². The number of hydrogen-bond acceptors (Lipinski definition) is 4. The van der Waals surface area contributed by atoms with Crippen molar-refractivity contribution >= 4 is 33.7 Å². The molecule has 0 radical (unpaired) electrons. The highest BCUT2D eigenvalue weighted by Crippen LogP contribution is 2.27. The lowest BCUT2D eigenvalue weighted by Crippen LogP contribution is -2.21. The van der Waals surface area contributed by atoms with E-state index in [0.717, 1.165) is 40.0 Å². The number of ether oxygens (including phenoxy) is 1. The van der Waals surface area contributed by atoms with Crippen LogP contribution in [0.5, 0.6) is 5.75 Å². The van der Waals surface area contributed by atoms with Gasteiger partial charge in [0.15, 0.2) is 5.16 Å². The predicted octanol–water partition coefficient (Wildman–Crippen LogP) is 4.77. The number of aromatic amines is 1. The molecule has 4 aromatic rings. The third kappa shape index (κ3) is 3.21. The third-order valence-corrected chi connectivity index (χ3v) is 5.48. The number of rotatable bonds is 6. The van der Waals surface area contributed by atoms with Crippen LogP contribution < -0.4 is 10.3 Å². The Labute approximate surface area is 161 Å². The Morgan fingerprint density at radius 2 is 1.89 bits per heavy atom. The monoisotopic (exact) mass is 379 g/mol. The normalized spacial score (nSPS) is 11.3. The Hall–Kier alpha value is -2.73. The standard InChI is InChI=1S/C21H21N3O2S/c1-3-13-27-21-23-18-16-7-5-6-8-17(16)22-19(18)20(25)24(21)14-9-11-15(12-10-14)26-4-2/h5-12,22H,3-4,13H2,1-2H3. The molecule has 2 heterocycles. The summed E-state index contributed by atoms with van der Waals surface area (Å²) < 4.78 is 7.21. The molecule has 0 aliphatic rings. The molecule has 1 N–H and O–H groups in total. The topological polar surface area (TPSA) is 59.9 Å². The Morgan fingerprint density at radius 3 is 2.63 bits per heavy atom. The van der Waals surface area contributed by atoms with Gasteiger partial charge in [0, 0.05) is 16.7 Å². The van der Waals surface area contributed by atoms with Gasteiger partial charge in [-0.25, -0.2) is 4.98 Å². The zero-order chi connectivity index (χ0) is 18.8. The summed E-state index contributed by atoms with van der Waals surface area (Å²) in [7, 11) is 0. The maximum Gasteiger partial charge on any atom is 0.283 e. The van der Waals surface area contributed by atoms with E-state index < -0.39 is 0 Å². The minimum absolute atomic E-state index is 0.0843. The number of aromatic nitrogens is 3. The Kier molecular flexibility index (Phi) is 4.90. The van der Waals surface area contributed by atoms with Crippen LogP contribution in [0.1, 0.15) is 20.3 Å². The summed E-state index contributed by atoms with van der Waals surface area (Å²) in [5, 5.41) is 1.69. The molecule has 27 heavy (non-hydrogen) atoms. The van der Waals surface area contributed by atoms with Crippen LogP contribution in [0.4, 0.5) is 0 Å². The lowest BCUT2D eigenvalue weighted by molar-refractivity contribution is 0.340. The van der Waals surface area contributed by atoms with Gasteiger partial charge in [-0.3, -0.25) is 9.36 Å². The van der Waals surface area contributed by atoms with E-state index in [1.54, 1.807) is 16.3 Å². The van der Waals surface area contributed by atoms with Gasteiger partial charge in [0.2, 0.25) is 0 Å². The molecule has 6 heteroatoms. The SMILES string of the molecule is CCCSc1nc2c([nH]c3ccccc32)c(=O)n1-c1ccc(OCC)cc1. The highest BCUT2D eigenvalue weighted by Gasteiger charge is 2.17. The summed E-state index contributed by atoms with van der Waals surface area (Å²) in [5.41, 5.74) is 2.89. The minimum atomic E-state index is -0.0843. The molecule has 4 rings (SSSR count). The summed E-state index contributed by atoms with van der Waals surface area (Å²) in [6.07, 6.45) is 1.01. The Balaban J connectivity index is 1.95. The molecule has 0 amide bonds. The summed E-state index contributed by atoms with van der Waals surface area (Å²) in [5.74, 6) is 1.69. The molecule has 0 atom stereocenters. The van der Waals surface area contributed by atoms with Crippen molar-refractivity contribution in [1.29, 1.82) is 0 Å². The summed E-state index contributed by atoms with van der Waals surface area (Å²) >= 11 is 1.60. The molecular formula is C21H21N3O2S. The number of nitrogens with zero attached hydrogens (tertiary/aromatic N) is 2. The van der Waals surface area contributed by atoms with Gasteiger partial charge in [0.25, 0.3) is 5.56 Å². The largest absolute Gasteiger partial charge is 0.494 e. The van der Waals surface area contributed by atoms with Gasteiger partial charge in [0.05, 0.1) is 12.3 Å². The van der Waals surface area contributed by atoms with Crippen LogP contribution in [-0.4, -0.2) is 26.9 Å². The summed E-state index contributed by atoms with van der Waals surface area (Å²) in [4.78, 5) is 21.4. The lowest BCUT2D eigenvalue weighted by atomic mass is 10.2. The van der Waals surface area contributed by atoms with E-state index in [1.165, 1.54) is 0 Å². The number of fused-ring (bicyclic) bond motifs is 3. The zero-order valence-corrected chi connectivity index (χ0v) is 16.2. The van der Waals surface area contributed by atoms with E-state index in [0.29, 0.717) is 17.3 Å². The number of hydrogen-bond donors (Lipinski definition) is 1. The maximum atomic E-state index is 13.3. The fourth-order valence-corrected chi connectivity index (χ4v) is 3.98. The van der Waals surface area contributed by atoms with E-state index in [-0.39, 0.29) is 5.56 Å². The van der Waals surface area contributed by atoms with Crippen LogP contribution in [-0.2, 0) is 0 Å². The van der Waals surface area contributed by atoms with Crippen LogP contribution >= 0.6 is 11.8 Å². The first kappa shape index (κ1) is 17.7. The fraction of sp³-hybridized carbons (Fsp3) is 0.238. The first-order valence-electron chi connectivity index (χ1n) is 9.12. The molecule has 0 saturated carbocycles. The maximum absolute atomic E-state index is 13.3. The minimum Gasteiger partial charge on any atom is -0.494 e. The van der Waals surface area contributed by atoms with Crippen LogP contribution in [0.15, 0.2) is 58.5 Å². The van der Waals surface area contributed by atoms with Crippen LogP contribution in [0.25, 0.3) is 27.6 Å². The van der Waals surface area contributed by atoms with Crippen LogP contribution in [0.2, 0.25) is 0 Å². The first-order valence-corrected chi connectivity index (χ1v) is 10.1. The van der Waals surface area contributed by atoms with Crippen molar-refractivity contribution in [3.05, 3.63) is 58.9 Å². The van der Waals surface area contributed by atoms with Gasteiger partial charge in [-0.15, -0.1) is 0 Å². The van der Waals surface area contributed by atoms with Crippen molar-refractivity contribution in [3.63, 3.8) is 0 Å². The summed E-state index contributed by atoms with van der Waals surface area (Å²) in [6, 6.07) is 15.5. The number of thioether (sulfide) groups is 1. The third-order valence-electron chi connectivity index (χ3n) is 4.34. The van der Waals surface area contributed by atoms with E-state index in [2.05, 4.69) is 11.9 Å². The highest BCUT2D eigenvalue weighted by molar-refractivity contribution is 7.99. The second-order valence-electron chi connectivity index (χ2n) is 6.20. The molecule has 5 nitrogen and oxygen atoms in total. The molecule has 0 unspecified atom stereocenters. The van der Waals surface area contributed by atoms with Gasteiger partial charge in [0.1, 0.15) is 16.8 Å². The average Bonchev–Trinajstić information content (AvgIpc) is 3.07. The van der Waals surface area contributed by atoms with Gasteiger partial charge in [-0.2, -0.15) is 0 Å². The number of nitrogens with one attached hydrogen (secondary N) is 1. The molecule has 2 aromatic heterocycles. The first-order chi connectivity index (χ1) is 13.2. The van der Waals surface area contributed by atoms with E-state index >= 15 is 0 Å². The zero-order valence-electron chi connectivity index (χ0n) is 15.4. The van der Waals surface area contributed by atoms with Gasteiger partial charge in [-0.1, -0.05) is 36.9 Å². The molecule has 0 saturated heterocycles. The molecule has 0 aliphatic carbocycles. The van der Waals surface area contributed by atoms with Crippen molar-refractivity contribution in [2.45, 2.75) is 25.4 Å². The molecule has 2 aromatic carbocycles. The van der Waals surface area contributed by atoms with E-state index in [9.17, 15) is 4.79 Å². The number of benzene rings is 2. The Bertz CT molecular complexity index is 1150. The van der Waals surface area contributed by atoms with Gasteiger partial charge >= 0.3 is 0 Å². The molecule has 0 spiro atoms. The Morgan fingerprint density at radius 1 is 1.11 bits per heavy atom. The van der Waals surface area contributed by atoms with Crippen molar-refractivity contribution in [2.24, 2.45) is 0 Å². The van der Waals surface area contributed by atoms with Gasteiger partial charge in [-0.05, 0) is 43.7 Å². The van der Waals surface area contributed by atoms with E-state index in [1.807, 2.05) is 55.5 Å². The highest BCUT2D eigenvalue weighted by atomic mass is 32.2. The average molecular weight is 379 g/mol. The second kappa shape index (κ2) is 7.48. The van der Waals surface area contributed by atoms with Crippen molar-refractivity contribution in [1.82, 2.24) is 14.5 Å². The van der Waals surface area contributed by atoms with Crippen molar-refractivity contribution < 1.29 is 4.74 Å². The van der Waals surface area contributed by atoms with Crippen LogP contribution in [0.3, 0.4) is 0 Å². The van der Waals surface area contributed by atoms with Crippen molar-refractivity contribution in [3.8, 4) is 11.4 Å². The second-order valence-corrected chi connectivity index (χ2v) is 7.27. The fourth-order valence-electron chi connectivity index (χ4n) is 3.12. The van der Waals surface area contributed by atoms with E-state index in [4.69, 9.17) is 9.72 Å². The quantitative estimate of drug-likeness (QED) is 0.387. The predicted molar refractivity (Wildman–Crippen MR) is 111 cm³/mol.